The zero-order chi connectivity index (χ0) is 12.9. The Balaban J connectivity index is 2.49. The summed E-state index contributed by atoms with van der Waals surface area (Å²) in [5.74, 6) is 0.528. The Hall–Kier alpha value is 0.220. The highest BCUT2D eigenvalue weighted by molar-refractivity contribution is 7.98. The Morgan fingerprint density at radius 3 is 2.47 bits per heavy atom. The number of rotatable bonds is 6. The van der Waals surface area contributed by atoms with E-state index < -0.39 is 15.6 Å². The number of thioether (sulfide) groups is 1. The number of aliphatic hydroxyl groups is 1. The monoisotopic (exact) mass is 281 g/mol. The van der Waals surface area contributed by atoms with Crippen molar-refractivity contribution in [3.8, 4) is 0 Å². The second-order valence-electron chi connectivity index (χ2n) is 5.06. The van der Waals surface area contributed by atoms with Gasteiger partial charge in [0.2, 0.25) is 10.0 Å². The second kappa shape index (κ2) is 6.41. The lowest BCUT2D eigenvalue weighted by Gasteiger charge is -2.26. The Morgan fingerprint density at radius 1 is 1.35 bits per heavy atom. The van der Waals surface area contributed by atoms with Gasteiger partial charge < -0.3 is 5.11 Å². The second-order valence-corrected chi connectivity index (χ2v) is 7.97. The average molecular weight is 281 g/mol. The molecule has 1 aliphatic carbocycles. The van der Waals surface area contributed by atoms with Crippen LogP contribution >= 0.6 is 11.8 Å². The summed E-state index contributed by atoms with van der Waals surface area (Å²) in [6.45, 7) is 1.76. The smallest absolute Gasteiger partial charge is 0.214 e. The third-order valence-corrected chi connectivity index (χ3v) is 5.91. The molecule has 0 saturated heterocycles. The maximum atomic E-state index is 12.0. The molecule has 0 aromatic heterocycles. The number of hydrogen-bond donors (Lipinski definition) is 2. The molecule has 1 atom stereocenters. The van der Waals surface area contributed by atoms with Gasteiger partial charge in [-0.2, -0.15) is 11.8 Å². The summed E-state index contributed by atoms with van der Waals surface area (Å²) in [4.78, 5) is 0. The van der Waals surface area contributed by atoms with E-state index >= 15 is 0 Å². The fourth-order valence-electron chi connectivity index (χ4n) is 2.11. The van der Waals surface area contributed by atoms with E-state index in [9.17, 15) is 13.5 Å². The van der Waals surface area contributed by atoms with E-state index in [1.54, 1.807) is 6.92 Å². The quantitative estimate of drug-likeness (QED) is 0.771. The van der Waals surface area contributed by atoms with Gasteiger partial charge in [0.15, 0.2) is 0 Å². The molecule has 0 spiro atoms. The summed E-state index contributed by atoms with van der Waals surface area (Å²) in [5, 5.41) is 9.67. The van der Waals surface area contributed by atoms with Crippen molar-refractivity contribution in [1.82, 2.24) is 4.72 Å². The van der Waals surface area contributed by atoms with Gasteiger partial charge in [0.1, 0.15) is 0 Å². The van der Waals surface area contributed by atoms with Crippen LogP contribution < -0.4 is 4.72 Å². The molecule has 2 N–H and O–H groups in total. The number of nitrogens with one attached hydrogen (secondary N) is 1. The molecule has 1 saturated carbocycles. The summed E-state index contributed by atoms with van der Waals surface area (Å²) in [5.41, 5.74) is -0.971. The Morgan fingerprint density at radius 2 is 1.94 bits per heavy atom. The van der Waals surface area contributed by atoms with Crippen molar-refractivity contribution in [2.24, 2.45) is 0 Å². The molecule has 0 aromatic rings. The molecule has 4 nitrogen and oxygen atoms in total. The minimum atomic E-state index is -3.25. The average Bonchev–Trinajstić information content (AvgIpc) is 2.28. The van der Waals surface area contributed by atoms with Gasteiger partial charge in [0, 0.05) is 12.3 Å². The Labute approximate surface area is 109 Å². The predicted molar refractivity (Wildman–Crippen MR) is 72.8 cm³/mol. The first-order valence-electron chi connectivity index (χ1n) is 6.07. The predicted octanol–water partition coefficient (Wildman–Crippen LogP) is 1.35. The molecule has 0 aliphatic heterocycles. The maximum absolute atomic E-state index is 12.0. The van der Waals surface area contributed by atoms with E-state index in [1.807, 2.05) is 6.26 Å². The van der Waals surface area contributed by atoms with E-state index in [1.165, 1.54) is 11.8 Å². The van der Waals surface area contributed by atoms with Crippen LogP contribution in [0.3, 0.4) is 0 Å². The minimum absolute atomic E-state index is 0.104. The van der Waals surface area contributed by atoms with Crippen molar-refractivity contribution in [2.75, 3.05) is 18.6 Å². The summed E-state index contributed by atoms with van der Waals surface area (Å²) >= 11 is 1.51. The van der Waals surface area contributed by atoms with Crippen LogP contribution in [0.1, 0.15) is 39.0 Å². The SMILES string of the molecule is CSCC(C)(O)CNS(=O)(=O)C1CCCCC1. The molecule has 1 aliphatic rings. The summed E-state index contributed by atoms with van der Waals surface area (Å²) < 4.78 is 26.6. The van der Waals surface area contributed by atoms with Gasteiger partial charge in [-0.1, -0.05) is 19.3 Å². The zero-order valence-corrected chi connectivity index (χ0v) is 12.2. The van der Waals surface area contributed by atoms with Crippen LogP contribution in [0.15, 0.2) is 0 Å². The molecule has 0 aromatic carbocycles. The summed E-state index contributed by atoms with van der Waals surface area (Å²) in [7, 11) is -3.25. The summed E-state index contributed by atoms with van der Waals surface area (Å²) in [6, 6.07) is 0. The first-order valence-corrected chi connectivity index (χ1v) is 9.01. The first kappa shape index (κ1) is 15.3. The highest BCUT2D eigenvalue weighted by Crippen LogP contribution is 2.23. The largest absolute Gasteiger partial charge is 0.388 e. The van der Waals surface area contributed by atoms with E-state index in [4.69, 9.17) is 0 Å². The lowest BCUT2D eigenvalue weighted by atomic mass is 10.0. The van der Waals surface area contributed by atoms with Gasteiger partial charge in [-0.05, 0) is 26.0 Å². The molecule has 0 heterocycles. The lowest BCUT2D eigenvalue weighted by molar-refractivity contribution is 0.0907. The van der Waals surface area contributed by atoms with Crippen molar-refractivity contribution in [3.63, 3.8) is 0 Å². The Bertz CT molecular complexity index is 322. The maximum Gasteiger partial charge on any atom is 0.214 e. The molecule has 1 fully saturated rings. The van der Waals surface area contributed by atoms with Gasteiger partial charge in [-0.3, -0.25) is 0 Å². The molecule has 0 amide bonds. The fraction of sp³-hybridized carbons (Fsp3) is 1.00. The van der Waals surface area contributed by atoms with Gasteiger partial charge in [-0.25, -0.2) is 13.1 Å². The van der Waals surface area contributed by atoms with Gasteiger partial charge in [0.05, 0.1) is 10.9 Å². The molecule has 17 heavy (non-hydrogen) atoms. The fourth-order valence-corrected chi connectivity index (χ4v) is 4.54. The van der Waals surface area contributed by atoms with Crippen molar-refractivity contribution in [2.45, 2.75) is 49.9 Å². The van der Waals surface area contributed by atoms with Crippen LogP contribution in [0.2, 0.25) is 0 Å². The van der Waals surface area contributed by atoms with Crippen LogP contribution in [0.5, 0.6) is 0 Å². The molecule has 1 unspecified atom stereocenters. The third-order valence-electron chi connectivity index (χ3n) is 3.10. The third kappa shape index (κ3) is 5.16. The van der Waals surface area contributed by atoms with Gasteiger partial charge in [0.25, 0.3) is 0 Å². The van der Waals surface area contributed by atoms with Crippen LogP contribution in [-0.2, 0) is 10.0 Å². The molecular weight excluding hydrogens is 258 g/mol. The normalized spacial score (nSPS) is 22.3. The molecule has 6 heteroatoms. The van der Waals surface area contributed by atoms with Crippen molar-refractivity contribution >= 4 is 21.8 Å². The molecule has 1 rings (SSSR count). The van der Waals surface area contributed by atoms with Gasteiger partial charge in [-0.15, -0.1) is 0 Å². The van der Waals surface area contributed by atoms with Crippen molar-refractivity contribution in [1.29, 1.82) is 0 Å². The first-order chi connectivity index (χ1) is 7.87. The van der Waals surface area contributed by atoms with Crippen molar-refractivity contribution < 1.29 is 13.5 Å². The molecule has 0 radical (unpaired) electrons. The van der Waals surface area contributed by atoms with Crippen LogP contribution in [0, 0.1) is 0 Å². The van der Waals surface area contributed by atoms with Crippen LogP contribution in [0.4, 0.5) is 0 Å². The lowest BCUT2D eigenvalue weighted by Crippen LogP contribution is -2.45. The molecular formula is C11H23NO3S2. The van der Waals surface area contributed by atoms with E-state index in [0.29, 0.717) is 5.75 Å². The number of hydrogen-bond acceptors (Lipinski definition) is 4. The van der Waals surface area contributed by atoms with Gasteiger partial charge >= 0.3 is 0 Å². The van der Waals surface area contributed by atoms with E-state index in [2.05, 4.69) is 4.72 Å². The van der Waals surface area contributed by atoms with Crippen molar-refractivity contribution in [3.05, 3.63) is 0 Å². The summed E-state index contributed by atoms with van der Waals surface area (Å²) in [6.07, 6.45) is 6.51. The van der Waals surface area contributed by atoms with Crippen LogP contribution in [-0.4, -0.2) is 42.9 Å². The molecule has 0 bridgehead atoms. The highest BCUT2D eigenvalue weighted by atomic mass is 32.2. The molecule has 102 valence electrons. The topological polar surface area (TPSA) is 66.4 Å². The Kier molecular flexibility index (Phi) is 5.76. The number of sulfonamides is 1. The van der Waals surface area contributed by atoms with E-state index in [0.717, 1.165) is 32.1 Å². The minimum Gasteiger partial charge on any atom is -0.388 e. The standard InChI is InChI=1S/C11H23NO3S2/c1-11(13,9-16-2)8-12-17(14,15)10-6-4-3-5-7-10/h10,12-13H,3-9H2,1-2H3. The van der Waals surface area contributed by atoms with Crippen LogP contribution in [0.25, 0.3) is 0 Å². The zero-order valence-electron chi connectivity index (χ0n) is 10.6. The highest BCUT2D eigenvalue weighted by Gasteiger charge is 2.29. The van der Waals surface area contributed by atoms with E-state index in [-0.39, 0.29) is 11.8 Å².